The number of aliphatic hydroxyl groups excluding tert-OH is 1. The highest BCUT2D eigenvalue weighted by molar-refractivity contribution is 5.78. The number of fused-ring (bicyclic) bond motifs is 1. The molecule has 2 aliphatic rings. The average Bonchev–Trinajstić information content (AvgIpc) is 3.20. The summed E-state index contributed by atoms with van der Waals surface area (Å²) in [6.07, 6.45) is 4.35. The molecule has 30 heavy (non-hydrogen) atoms. The van der Waals surface area contributed by atoms with Crippen molar-refractivity contribution in [3.05, 3.63) is 53.9 Å². The van der Waals surface area contributed by atoms with E-state index in [0.29, 0.717) is 13.1 Å². The summed E-state index contributed by atoms with van der Waals surface area (Å²) < 4.78 is 5.93. The van der Waals surface area contributed by atoms with Crippen LogP contribution in [-0.2, 0) is 11.2 Å². The van der Waals surface area contributed by atoms with Gasteiger partial charge in [-0.2, -0.15) is 0 Å². The second-order valence-electron chi connectivity index (χ2n) is 8.09. The molecule has 160 valence electrons. The third kappa shape index (κ3) is 4.74. The third-order valence-corrected chi connectivity index (χ3v) is 5.96. The first-order valence-electron chi connectivity index (χ1n) is 10.7. The number of benzene rings is 1. The number of likely N-dealkylation sites (tertiary alicyclic amines) is 1. The average molecular weight is 411 g/mol. The number of para-hydroxylation sites is 1. The van der Waals surface area contributed by atoms with Crippen LogP contribution >= 0.6 is 0 Å². The number of hydrogen-bond donors (Lipinski definition) is 2. The summed E-state index contributed by atoms with van der Waals surface area (Å²) in [6.45, 7) is 2.98. The number of nitrogens with one attached hydrogen (secondary N) is 1. The number of rotatable bonds is 7. The van der Waals surface area contributed by atoms with E-state index < -0.39 is 0 Å². The van der Waals surface area contributed by atoms with Gasteiger partial charge in [-0.3, -0.25) is 14.7 Å². The van der Waals surface area contributed by atoms with Crippen molar-refractivity contribution in [1.29, 1.82) is 0 Å². The summed E-state index contributed by atoms with van der Waals surface area (Å²) in [7, 11) is 1.80. The van der Waals surface area contributed by atoms with Gasteiger partial charge < -0.3 is 20.1 Å². The summed E-state index contributed by atoms with van der Waals surface area (Å²) in [6, 6.07) is 11.5. The quantitative estimate of drug-likeness (QED) is 0.728. The zero-order chi connectivity index (χ0) is 20.9. The van der Waals surface area contributed by atoms with Gasteiger partial charge in [0.05, 0.1) is 23.5 Å². The van der Waals surface area contributed by atoms with E-state index in [1.54, 1.807) is 18.1 Å². The number of aliphatic hydroxyl groups is 1. The van der Waals surface area contributed by atoms with E-state index >= 15 is 0 Å². The smallest absolute Gasteiger partial charge is 0.260 e. The summed E-state index contributed by atoms with van der Waals surface area (Å²) in [5.41, 5.74) is 3.08. The lowest BCUT2D eigenvalue weighted by Gasteiger charge is -2.31. The first kappa shape index (κ1) is 20.6. The van der Waals surface area contributed by atoms with Crippen molar-refractivity contribution in [3.63, 3.8) is 0 Å². The highest BCUT2D eigenvalue weighted by atomic mass is 16.5. The number of hydrogen-bond acceptors (Lipinski definition) is 6. The highest BCUT2D eigenvalue weighted by Crippen LogP contribution is 2.32. The molecule has 3 heterocycles. The third-order valence-electron chi connectivity index (χ3n) is 5.96. The SMILES string of the molecule is CN(C(=O)COc1cccc2c1NCCC2)[C@H](CN1CCC(O)C1)c1ccccn1. The normalized spacial score (nSPS) is 19.6. The van der Waals surface area contributed by atoms with Gasteiger partial charge in [0.25, 0.3) is 5.91 Å². The molecule has 0 saturated carbocycles. The fourth-order valence-electron chi connectivity index (χ4n) is 4.22. The van der Waals surface area contributed by atoms with E-state index in [9.17, 15) is 9.90 Å². The number of ether oxygens (including phenoxy) is 1. The van der Waals surface area contributed by atoms with Crippen LogP contribution in [0, 0.1) is 0 Å². The molecule has 1 aromatic carbocycles. The zero-order valence-electron chi connectivity index (χ0n) is 17.5. The highest BCUT2D eigenvalue weighted by Gasteiger charge is 2.29. The maximum absolute atomic E-state index is 13.0. The molecule has 4 rings (SSSR count). The van der Waals surface area contributed by atoms with E-state index in [2.05, 4.69) is 21.3 Å². The molecule has 1 fully saturated rings. The van der Waals surface area contributed by atoms with E-state index in [0.717, 1.165) is 49.5 Å². The fourth-order valence-corrected chi connectivity index (χ4v) is 4.22. The Kier molecular flexibility index (Phi) is 6.50. The summed E-state index contributed by atoms with van der Waals surface area (Å²) >= 11 is 0. The van der Waals surface area contributed by atoms with E-state index in [-0.39, 0.29) is 24.7 Å². The fraction of sp³-hybridized carbons (Fsp3) is 0.478. The van der Waals surface area contributed by atoms with Crippen LogP contribution in [0.5, 0.6) is 5.75 Å². The Morgan fingerprint density at radius 3 is 3.03 bits per heavy atom. The molecule has 1 unspecified atom stereocenters. The van der Waals surface area contributed by atoms with Crippen molar-refractivity contribution in [2.24, 2.45) is 0 Å². The Bertz CT molecular complexity index is 861. The number of aromatic nitrogens is 1. The van der Waals surface area contributed by atoms with Gasteiger partial charge in [-0.15, -0.1) is 0 Å². The largest absolute Gasteiger partial charge is 0.482 e. The van der Waals surface area contributed by atoms with Gasteiger partial charge in [-0.25, -0.2) is 0 Å². The second kappa shape index (κ2) is 9.45. The lowest BCUT2D eigenvalue weighted by atomic mass is 10.0. The van der Waals surface area contributed by atoms with Crippen LogP contribution in [0.3, 0.4) is 0 Å². The molecule has 1 aromatic heterocycles. The monoisotopic (exact) mass is 410 g/mol. The van der Waals surface area contributed by atoms with Crippen LogP contribution in [0.4, 0.5) is 5.69 Å². The van der Waals surface area contributed by atoms with E-state index in [4.69, 9.17) is 4.74 Å². The number of β-amino-alcohol motifs (C(OH)–C–C–N with tert-alkyl or cyclic N) is 1. The Morgan fingerprint density at radius 1 is 1.37 bits per heavy atom. The minimum atomic E-state index is -0.296. The molecule has 0 aliphatic carbocycles. The van der Waals surface area contributed by atoms with Gasteiger partial charge in [0.2, 0.25) is 0 Å². The van der Waals surface area contributed by atoms with Crippen LogP contribution < -0.4 is 10.1 Å². The van der Waals surface area contributed by atoms with Crippen molar-refractivity contribution in [1.82, 2.24) is 14.8 Å². The van der Waals surface area contributed by atoms with Gasteiger partial charge in [0, 0.05) is 39.4 Å². The van der Waals surface area contributed by atoms with Crippen LogP contribution in [0.15, 0.2) is 42.6 Å². The lowest BCUT2D eigenvalue weighted by Crippen LogP contribution is -2.41. The Balaban J connectivity index is 1.44. The molecule has 7 heteroatoms. The molecular weight excluding hydrogens is 380 g/mol. The maximum Gasteiger partial charge on any atom is 0.260 e. The number of amides is 1. The van der Waals surface area contributed by atoms with Crippen molar-refractivity contribution < 1.29 is 14.6 Å². The van der Waals surface area contributed by atoms with Crippen molar-refractivity contribution in [3.8, 4) is 5.75 Å². The number of aryl methyl sites for hydroxylation is 1. The standard InChI is InChI=1S/C23H30N4O3/c1-26(20(19-8-2-3-11-24-19)15-27-13-10-18(28)14-27)22(29)16-30-21-9-4-6-17-7-5-12-25-23(17)21/h2-4,6,8-9,11,18,20,25,28H,5,7,10,12-16H2,1H3/t18?,20-/m1/s1. The summed E-state index contributed by atoms with van der Waals surface area (Å²) in [4.78, 5) is 21.4. The lowest BCUT2D eigenvalue weighted by molar-refractivity contribution is -0.134. The molecule has 1 amide bonds. The first-order valence-corrected chi connectivity index (χ1v) is 10.7. The molecule has 7 nitrogen and oxygen atoms in total. The summed E-state index contributed by atoms with van der Waals surface area (Å²) in [5.74, 6) is 0.629. The number of pyridine rings is 1. The number of carbonyl (C=O) groups is 1. The molecule has 2 N–H and O–H groups in total. The molecule has 0 spiro atoms. The van der Waals surface area contributed by atoms with Gasteiger partial charge in [0.15, 0.2) is 6.61 Å². The Hall–Kier alpha value is -2.64. The van der Waals surface area contributed by atoms with Crippen LogP contribution in [0.25, 0.3) is 0 Å². The number of nitrogens with zero attached hydrogens (tertiary/aromatic N) is 3. The Morgan fingerprint density at radius 2 is 2.27 bits per heavy atom. The van der Waals surface area contributed by atoms with Gasteiger partial charge in [0.1, 0.15) is 5.75 Å². The van der Waals surface area contributed by atoms with Crippen LogP contribution in [-0.4, -0.2) is 71.7 Å². The maximum atomic E-state index is 13.0. The second-order valence-corrected chi connectivity index (χ2v) is 8.09. The minimum Gasteiger partial charge on any atom is -0.482 e. The molecule has 0 radical (unpaired) electrons. The van der Waals surface area contributed by atoms with Gasteiger partial charge in [-0.05, 0) is 43.0 Å². The topological polar surface area (TPSA) is 77.9 Å². The zero-order valence-corrected chi connectivity index (χ0v) is 17.5. The first-order chi connectivity index (χ1) is 14.6. The van der Waals surface area contributed by atoms with Crippen LogP contribution in [0.2, 0.25) is 0 Å². The number of anilines is 1. The number of likely N-dealkylation sites (N-methyl/N-ethyl adjacent to an activating group) is 1. The predicted molar refractivity (Wildman–Crippen MR) is 116 cm³/mol. The van der Waals surface area contributed by atoms with Crippen molar-refractivity contribution >= 4 is 11.6 Å². The van der Waals surface area contributed by atoms with Crippen molar-refractivity contribution in [2.75, 3.05) is 45.2 Å². The van der Waals surface area contributed by atoms with Crippen molar-refractivity contribution in [2.45, 2.75) is 31.4 Å². The van der Waals surface area contributed by atoms with Gasteiger partial charge in [-0.1, -0.05) is 18.2 Å². The molecule has 2 aromatic rings. The molecule has 2 atom stereocenters. The van der Waals surface area contributed by atoms with Gasteiger partial charge >= 0.3 is 0 Å². The number of carbonyl (C=O) groups excluding carboxylic acids is 1. The molecule has 0 bridgehead atoms. The van der Waals surface area contributed by atoms with E-state index in [1.165, 1.54) is 5.56 Å². The Labute approximate surface area is 177 Å². The van der Waals surface area contributed by atoms with E-state index in [1.807, 2.05) is 30.3 Å². The molecular formula is C23H30N4O3. The van der Waals surface area contributed by atoms with Crippen LogP contribution in [0.1, 0.15) is 30.1 Å². The minimum absolute atomic E-state index is 0.0272. The predicted octanol–water partition coefficient (Wildman–Crippen LogP) is 2.08. The molecule has 1 saturated heterocycles. The molecule has 2 aliphatic heterocycles. The summed E-state index contributed by atoms with van der Waals surface area (Å²) in [5, 5.41) is 13.3.